The number of hydrogen-bond donors (Lipinski definition) is 2. The molecular formula is C17H27N3O. The maximum absolute atomic E-state index is 12.5. The van der Waals surface area contributed by atoms with E-state index in [4.69, 9.17) is 0 Å². The number of nitrogens with zero attached hydrogens (tertiary/aromatic N) is 1. The highest BCUT2D eigenvalue weighted by Crippen LogP contribution is 2.22. The second kappa shape index (κ2) is 7.05. The molecule has 4 heteroatoms. The van der Waals surface area contributed by atoms with E-state index in [-0.39, 0.29) is 5.91 Å². The predicted octanol–water partition coefficient (Wildman–Crippen LogP) is 2.34. The standard InChI is InChI=1S/C17H27N3O/c1-17(2,13-20-11-7-10-15(12-20)18-3)16(21)19-14-8-5-4-6-9-14/h4-6,8-9,15,18H,7,10-13H2,1-3H3,(H,19,21). The van der Waals surface area contributed by atoms with E-state index in [0.717, 1.165) is 25.3 Å². The highest BCUT2D eigenvalue weighted by molar-refractivity contribution is 5.94. The number of para-hydroxylation sites is 1. The van der Waals surface area contributed by atoms with Gasteiger partial charge in [-0.3, -0.25) is 4.79 Å². The summed E-state index contributed by atoms with van der Waals surface area (Å²) in [6.07, 6.45) is 2.42. The molecule has 4 nitrogen and oxygen atoms in total. The van der Waals surface area contributed by atoms with Gasteiger partial charge in [-0.05, 0) is 52.4 Å². The molecule has 0 aromatic heterocycles. The molecule has 0 spiro atoms. The van der Waals surface area contributed by atoms with Crippen molar-refractivity contribution in [1.29, 1.82) is 0 Å². The third-order valence-electron chi connectivity index (χ3n) is 4.18. The minimum Gasteiger partial charge on any atom is -0.326 e. The number of rotatable bonds is 5. The lowest BCUT2D eigenvalue weighted by Gasteiger charge is -2.37. The van der Waals surface area contributed by atoms with Crippen LogP contribution in [0.4, 0.5) is 5.69 Å². The predicted molar refractivity (Wildman–Crippen MR) is 87.4 cm³/mol. The second-order valence-corrected chi connectivity index (χ2v) is 6.57. The number of likely N-dealkylation sites (tertiary alicyclic amines) is 1. The van der Waals surface area contributed by atoms with E-state index in [1.807, 2.05) is 51.2 Å². The van der Waals surface area contributed by atoms with E-state index in [1.54, 1.807) is 0 Å². The zero-order chi connectivity index (χ0) is 15.3. The van der Waals surface area contributed by atoms with Gasteiger partial charge in [0, 0.05) is 24.8 Å². The number of anilines is 1. The van der Waals surface area contributed by atoms with Crippen molar-refractivity contribution in [2.75, 3.05) is 32.0 Å². The first-order valence-corrected chi connectivity index (χ1v) is 7.77. The van der Waals surface area contributed by atoms with Crippen LogP contribution in [0.1, 0.15) is 26.7 Å². The Bertz CT molecular complexity index is 458. The molecule has 1 aromatic rings. The summed E-state index contributed by atoms with van der Waals surface area (Å²) in [4.78, 5) is 14.9. The second-order valence-electron chi connectivity index (χ2n) is 6.57. The van der Waals surface area contributed by atoms with Gasteiger partial charge in [-0.2, -0.15) is 0 Å². The molecule has 2 rings (SSSR count). The van der Waals surface area contributed by atoms with Gasteiger partial charge in [-0.15, -0.1) is 0 Å². The summed E-state index contributed by atoms with van der Waals surface area (Å²) in [6.45, 7) is 6.95. The van der Waals surface area contributed by atoms with Crippen LogP contribution in [0.15, 0.2) is 30.3 Å². The molecule has 1 atom stereocenters. The summed E-state index contributed by atoms with van der Waals surface area (Å²) in [6, 6.07) is 10.2. The molecule has 1 unspecified atom stereocenters. The topological polar surface area (TPSA) is 44.4 Å². The van der Waals surface area contributed by atoms with Crippen molar-refractivity contribution in [2.24, 2.45) is 5.41 Å². The van der Waals surface area contributed by atoms with E-state index < -0.39 is 5.41 Å². The van der Waals surface area contributed by atoms with E-state index in [9.17, 15) is 4.79 Å². The van der Waals surface area contributed by atoms with E-state index in [0.29, 0.717) is 6.04 Å². The van der Waals surface area contributed by atoms with Gasteiger partial charge < -0.3 is 15.5 Å². The number of likely N-dealkylation sites (N-methyl/N-ethyl adjacent to an activating group) is 1. The van der Waals surface area contributed by atoms with Gasteiger partial charge in [-0.1, -0.05) is 18.2 Å². The summed E-state index contributed by atoms with van der Waals surface area (Å²) in [5.41, 5.74) is 0.466. The number of nitrogens with one attached hydrogen (secondary N) is 2. The van der Waals surface area contributed by atoms with Crippen molar-refractivity contribution in [1.82, 2.24) is 10.2 Å². The molecule has 0 aliphatic carbocycles. The monoisotopic (exact) mass is 289 g/mol. The first-order valence-electron chi connectivity index (χ1n) is 7.77. The van der Waals surface area contributed by atoms with Gasteiger partial charge in [-0.25, -0.2) is 0 Å². The van der Waals surface area contributed by atoms with Gasteiger partial charge in [0.05, 0.1) is 5.41 Å². The highest BCUT2D eigenvalue weighted by atomic mass is 16.2. The highest BCUT2D eigenvalue weighted by Gasteiger charge is 2.31. The molecule has 1 amide bonds. The van der Waals surface area contributed by atoms with Crippen molar-refractivity contribution in [3.8, 4) is 0 Å². The fourth-order valence-electron chi connectivity index (χ4n) is 2.89. The number of carbonyl (C=O) groups is 1. The van der Waals surface area contributed by atoms with Crippen molar-refractivity contribution in [3.05, 3.63) is 30.3 Å². The lowest BCUT2D eigenvalue weighted by atomic mass is 9.90. The van der Waals surface area contributed by atoms with Crippen molar-refractivity contribution < 1.29 is 4.79 Å². The number of carbonyl (C=O) groups excluding carboxylic acids is 1. The number of benzene rings is 1. The van der Waals surface area contributed by atoms with E-state index in [1.165, 1.54) is 12.8 Å². The molecule has 1 saturated heterocycles. The molecule has 2 N–H and O–H groups in total. The van der Waals surface area contributed by atoms with Crippen LogP contribution in [0.25, 0.3) is 0 Å². The largest absolute Gasteiger partial charge is 0.326 e. The average molecular weight is 289 g/mol. The van der Waals surface area contributed by atoms with Crippen LogP contribution in [0, 0.1) is 5.41 Å². The average Bonchev–Trinajstić information content (AvgIpc) is 2.48. The minimum absolute atomic E-state index is 0.0836. The third kappa shape index (κ3) is 4.55. The smallest absolute Gasteiger partial charge is 0.231 e. The Morgan fingerprint density at radius 3 is 2.71 bits per heavy atom. The number of hydrogen-bond acceptors (Lipinski definition) is 3. The Morgan fingerprint density at radius 1 is 1.33 bits per heavy atom. The molecule has 1 aliphatic rings. The number of piperidine rings is 1. The summed E-state index contributed by atoms with van der Waals surface area (Å²) in [7, 11) is 2.02. The van der Waals surface area contributed by atoms with Crippen LogP contribution in [0.2, 0.25) is 0 Å². The minimum atomic E-state index is -0.397. The first kappa shape index (κ1) is 16.0. The fourth-order valence-corrected chi connectivity index (χ4v) is 2.89. The molecular weight excluding hydrogens is 262 g/mol. The lowest BCUT2D eigenvalue weighted by Crippen LogP contribution is -2.49. The molecule has 0 saturated carbocycles. The molecule has 116 valence electrons. The lowest BCUT2D eigenvalue weighted by molar-refractivity contribution is -0.125. The summed E-state index contributed by atoms with van der Waals surface area (Å²) >= 11 is 0. The summed E-state index contributed by atoms with van der Waals surface area (Å²) in [5.74, 6) is 0.0836. The van der Waals surface area contributed by atoms with Gasteiger partial charge >= 0.3 is 0 Å². The Labute approximate surface area is 127 Å². The van der Waals surface area contributed by atoms with Crippen molar-refractivity contribution in [3.63, 3.8) is 0 Å². The Morgan fingerprint density at radius 2 is 2.05 bits per heavy atom. The van der Waals surface area contributed by atoms with Crippen LogP contribution in [0.3, 0.4) is 0 Å². The zero-order valence-corrected chi connectivity index (χ0v) is 13.4. The van der Waals surface area contributed by atoms with Crippen LogP contribution in [-0.2, 0) is 4.79 Å². The summed E-state index contributed by atoms with van der Waals surface area (Å²) < 4.78 is 0. The van der Waals surface area contributed by atoms with Gasteiger partial charge in [0.1, 0.15) is 0 Å². The quantitative estimate of drug-likeness (QED) is 0.874. The van der Waals surface area contributed by atoms with Crippen LogP contribution < -0.4 is 10.6 Å². The maximum Gasteiger partial charge on any atom is 0.231 e. The molecule has 1 aliphatic heterocycles. The van der Waals surface area contributed by atoms with Gasteiger partial charge in [0.2, 0.25) is 5.91 Å². The first-order chi connectivity index (χ1) is 10.0. The molecule has 0 bridgehead atoms. The van der Waals surface area contributed by atoms with E-state index in [2.05, 4.69) is 15.5 Å². The zero-order valence-electron chi connectivity index (χ0n) is 13.4. The Balaban J connectivity index is 1.92. The van der Waals surface area contributed by atoms with Crippen molar-refractivity contribution >= 4 is 11.6 Å². The SMILES string of the molecule is CNC1CCCN(CC(C)(C)C(=O)Nc2ccccc2)C1. The molecule has 1 aromatic carbocycles. The Kier molecular flexibility index (Phi) is 5.37. The molecule has 21 heavy (non-hydrogen) atoms. The summed E-state index contributed by atoms with van der Waals surface area (Å²) in [5, 5.41) is 6.36. The van der Waals surface area contributed by atoms with Crippen LogP contribution >= 0.6 is 0 Å². The molecule has 1 fully saturated rings. The van der Waals surface area contributed by atoms with E-state index >= 15 is 0 Å². The van der Waals surface area contributed by atoms with Crippen LogP contribution in [0.5, 0.6) is 0 Å². The molecule has 1 heterocycles. The Hall–Kier alpha value is -1.39. The third-order valence-corrected chi connectivity index (χ3v) is 4.18. The van der Waals surface area contributed by atoms with Crippen molar-refractivity contribution in [2.45, 2.75) is 32.7 Å². The van der Waals surface area contributed by atoms with Gasteiger partial charge in [0.25, 0.3) is 0 Å². The van der Waals surface area contributed by atoms with Crippen LogP contribution in [-0.4, -0.2) is 43.5 Å². The number of amides is 1. The maximum atomic E-state index is 12.5. The fraction of sp³-hybridized carbons (Fsp3) is 0.588. The normalized spacial score (nSPS) is 20.2. The van der Waals surface area contributed by atoms with Gasteiger partial charge in [0.15, 0.2) is 0 Å². The molecule has 0 radical (unpaired) electrons.